The number of carbonyl (C=O) groups excluding carboxylic acids is 2. The Morgan fingerprint density at radius 1 is 1.14 bits per heavy atom. The van der Waals surface area contributed by atoms with Crippen LogP contribution >= 0.6 is 11.8 Å². The fourth-order valence-electron chi connectivity index (χ4n) is 3.94. The third kappa shape index (κ3) is 3.92. The summed E-state index contributed by atoms with van der Waals surface area (Å²) in [6, 6.07) is 0.435. The van der Waals surface area contributed by atoms with Crippen LogP contribution in [0.2, 0.25) is 0 Å². The van der Waals surface area contributed by atoms with Crippen molar-refractivity contribution in [1.82, 2.24) is 19.7 Å². The maximum atomic E-state index is 13.0. The predicted octanol–water partition coefficient (Wildman–Crippen LogP) is 3.31. The average molecular weight is 418 g/mol. The highest BCUT2D eigenvalue weighted by atomic mass is 32.2. The molecule has 156 valence electrons. The van der Waals surface area contributed by atoms with Crippen molar-refractivity contribution in [2.24, 2.45) is 0 Å². The van der Waals surface area contributed by atoms with Crippen LogP contribution in [0.25, 0.3) is 0 Å². The third-order valence-electron chi connectivity index (χ3n) is 5.41. The number of hydrogen-bond acceptors (Lipinski definition) is 7. The molecule has 3 heterocycles. The highest BCUT2D eigenvalue weighted by molar-refractivity contribution is 7.99. The van der Waals surface area contributed by atoms with E-state index in [2.05, 4.69) is 24.6 Å². The topological polar surface area (TPSA) is 93.1 Å². The molecule has 1 saturated heterocycles. The van der Waals surface area contributed by atoms with Gasteiger partial charge in [-0.3, -0.25) is 9.36 Å². The zero-order chi connectivity index (χ0) is 20.5. The molecule has 0 aromatic carbocycles. The van der Waals surface area contributed by atoms with Gasteiger partial charge in [0.1, 0.15) is 0 Å². The van der Waals surface area contributed by atoms with E-state index in [9.17, 15) is 9.59 Å². The largest absolute Gasteiger partial charge is 0.462 e. The number of anilines is 1. The van der Waals surface area contributed by atoms with Gasteiger partial charge in [-0.15, -0.1) is 10.2 Å². The lowest BCUT2D eigenvalue weighted by atomic mass is 10.1. The zero-order valence-corrected chi connectivity index (χ0v) is 18.0. The fourth-order valence-corrected chi connectivity index (χ4v) is 4.82. The van der Waals surface area contributed by atoms with Gasteiger partial charge >= 0.3 is 5.97 Å². The van der Waals surface area contributed by atoms with Crippen molar-refractivity contribution in [3.05, 3.63) is 22.5 Å². The van der Waals surface area contributed by atoms with Crippen molar-refractivity contribution < 1.29 is 14.3 Å². The second-order valence-electron chi connectivity index (χ2n) is 7.64. The summed E-state index contributed by atoms with van der Waals surface area (Å²) in [5, 5.41) is 9.60. The molecule has 2 aromatic rings. The lowest BCUT2D eigenvalue weighted by Gasteiger charge is -2.17. The van der Waals surface area contributed by atoms with Crippen molar-refractivity contribution in [3.8, 4) is 0 Å². The average Bonchev–Trinajstić information content (AvgIpc) is 3.10. The number of aryl methyl sites for hydroxylation is 2. The minimum atomic E-state index is -0.458. The van der Waals surface area contributed by atoms with Crippen molar-refractivity contribution in [1.29, 1.82) is 0 Å². The molecule has 0 atom stereocenters. The Morgan fingerprint density at radius 2 is 1.83 bits per heavy atom. The molecule has 0 spiro atoms. The van der Waals surface area contributed by atoms with Gasteiger partial charge in [-0.2, -0.15) is 0 Å². The molecule has 1 N–H and O–H groups in total. The van der Waals surface area contributed by atoms with Crippen LogP contribution in [-0.4, -0.2) is 57.0 Å². The minimum Gasteiger partial charge on any atom is -0.462 e. The molecule has 1 saturated carbocycles. The summed E-state index contributed by atoms with van der Waals surface area (Å²) < 4.78 is 7.34. The maximum Gasteiger partial charge on any atom is 0.340 e. The summed E-state index contributed by atoms with van der Waals surface area (Å²) in [6.07, 6.45) is 4.62. The number of Topliss-reactive ketones (excluding diaryl/α,β-unsaturated/α-hetero) is 1. The summed E-state index contributed by atoms with van der Waals surface area (Å²) in [5.74, 6) is 0.573. The number of esters is 1. The molecule has 2 aromatic heterocycles. The zero-order valence-electron chi connectivity index (χ0n) is 17.2. The molecule has 1 aliphatic heterocycles. The molecular weight excluding hydrogens is 390 g/mol. The lowest BCUT2D eigenvalue weighted by molar-refractivity contribution is 0.0522. The van der Waals surface area contributed by atoms with E-state index >= 15 is 0 Å². The minimum absolute atomic E-state index is 0.104. The SMILES string of the molecule is CCOC(=O)c1c(C)[nH]c(C)c1C(=O)CSc1nnc(N2CCCC2)n1C1CC1. The van der Waals surface area contributed by atoms with E-state index in [4.69, 9.17) is 4.74 Å². The molecule has 0 bridgehead atoms. The number of aromatic amines is 1. The van der Waals surface area contributed by atoms with Gasteiger partial charge in [0.2, 0.25) is 5.95 Å². The van der Waals surface area contributed by atoms with Crippen molar-refractivity contribution in [3.63, 3.8) is 0 Å². The monoisotopic (exact) mass is 417 g/mol. The molecule has 9 heteroatoms. The molecule has 0 unspecified atom stereocenters. The van der Waals surface area contributed by atoms with Crippen LogP contribution in [0.4, 0.5) is 5.95 Å². The first-order chi connectivity index (χ1) is 14.0. The number of H-pyrrole nitrogens is 1. The summed E-state index contributed by atoms with van der Waals surface area (Å²) in [5.41, 5.74) is 2.12. The summed E-state index contributed by atoms with van der Waals surface area (Å²) in [4.78, 5) is 30.8. The molecular formula is C20H27N5O3S. The highest BCUT2D eigenvalue weighted by Crippen LogP contribution is 2.41. The van der Waals surface area contributed by atoms with Crippen molar-refractivity contribution >= 4 is 29.5 Å². The molecule has 0 amide bonds. The van der Waals surface area contributed by atoms with Crippen molar-refractivity contribution in [2.75, 3.05) is 30.3 Å². The van der Waals surface area contributed by atoms with Gasteiger partial charge in [-0.05, 0) is 46.5 Å². The van der Waals surface area contributed by atoms with Gasteiger partial charge in [0, 0.05) is 30.5 Å². The first kappa shape index (κ1) is 20.0. The number of ketones is 1. The van der Waals surface area contributed by atoms with E-state index in [0.29, 0.717) is 28.6 Å². The second-order valence-corrected chi connectivity index (χ2v) is 8.58. The van der Waals surface area contributed by atoms with Gasteiger partial charge in [0.05, 0.1) is 23.5 Å². The predicted molar refractivity (Wildman–Crippen MR) is 111 cm³/mol. The lowest BCUT2D eigenvalue weighted by Crippen LogP contribution is -2.22. The van der Waals surface area contributed by atoms with E-state index < -0.39 is 5.97 Å². The second kappa shape index (κ2) is 8.22. The molecule has 0 radical (unpaired) electrons. The number of nitrogens with one attached hydrogen (secondary N) is 1. The number of nitrogens with zero attached hydrogens (tertiary/aromatic N) is 4. The van der Waals surface area contributed by atoms with Gasteiger partial charge in [-0.25, -0.2) is 4.79 Å². The van der Waals surface area contributed by atoms with Crippen LogP contribution in [0.15, 0.2) is 5.16 Å². The molecule has 1 aliphatic carbocycles. The Kier molecular flexibility index (Phi) is 5.67. The Hall–Kier alpha value is -2.29. The van der Waals surface area contributed by atoms with E-state index in [-0.39, 0.29) is 18.1 Å². The molecule has 4 rings (SSSR count). The molecule has 8 nitrogen and oxygen atoms in total. The van der Waals surface area contributed by atoms with Crippen LogP contribution in [-0.2, 0) is 4.74 Å². The van der Waals surface area contributed by atoms with Crippen LogP contribution in [0, 0.1) is 13.8 Å². The van der Waals surface area contributed by atoms with Gasteiger partial charge in [-0.1, -0.05) is 11.8 Å². The van der Waals surface area contributed by atoms with Gasteiger partial charge in [0.25, 0.3) is 0 Å². The number of rotatable bonds is 8. The standard InChI is InChI=1S/C20H27N5O3S/c1-4-28-18(27)17-13(3)21-12(2)16(17)15(26)11-29-20-23-22-19(24-9-5-6-10-24)25(20)14-7-8-14/h14,21H,4-11H2,1-3H3. The normalized spacial score (nSPS) is 16.4. The first-order valence-corrected chi connectivity index (χ1v) is 11.2. The van der Waals surface area contributed by atoms with E-state index in [1.54, 1.807) is 13.8 Å². The number of aromatic nitrogens is 4. The van der Waals surface area contributed by atoms with Crippen LogP contribution < -0.4 is 4.90 Å². The summed E-state index contributed by atoms with van der Waals surface area (Å²) in [6.45, 7) is 7.65. The van der Waals surface area contributed by atoms with E-state index in [1.807, 2.05) is 6.92 Å². The smallest absolute Gasteiger partial charge is 0.340 e. The third-order valence-corrected chi connectivity index (χ3v) is 6.36. The first-order valence-electron chi connectivity index (χ1n) is 10.2. The number of thioether (sulfide) groups is 1. The van der Waals surface area contributed by atoms with E-state index in [0.717, 1.165) is 37.0 Å². The number of hydrogen-bond donors (Lipinski definition) is 1. The summed E-state index contributed by atoms with van der Waals surface area (Å²) >= 11 is 1.40. The highest BCUT2D eigenvalue weighted by Gasteiger charge is 2.33. The molecule has 2 aliphatic rings. The Morgan fingerprint density at radius 3 is 2.48 bits per heavy atom. The fraction of sp³-hybridized carbons (Fsp3) is 0.600. The van der Waals surface area contributed by atoms with Crippen LogP contribution in [0.5, 0.6) is 0 Å². The summed E-state index contributed by atoms with van der Waals surface area (Å²) in [7, 11) is 0. The number of carbonyl (C=O) groups is 2. The van der Waals surface area contributed by atoms with Gasteiger partial charge in [0.15, 0.2) is 10.9 Å². The van der Waals surface area contributed by atoms with Crippen molar-refractivity contribution in [2.45, 2.75) is 57.7 Å². The molecule has 29 heavy (non-hydrogen) atoms. The maximum absolute atomic E-state index is 13.0. The van der Waals surface area contributed by atoms with E-state index in [1.165, 1.54) is 24.6 Å². The Balaban J connectivity index is 1.53. The Labute approximate surface area is 174 Å². The van der Waals surface area contributed by atoms with Crippen LogP contribution in [0.3, 0.4) is 0 Å². The molecule has 2 fully saturated rings. The Bertz CT molecular complexity index is 925. The van der Waals surface area contributed by atoms with Gasteiger partial charge < -0.3 is 14.6 Å². The van der Waals surface area contributed by atoms with Crippen LogP contribution in [0.1, 0.15) is 70.8 Å². The quantitative estimate of drug-likeness (QED) is 0.400. The number of ether oxygens (including phenoxy) is 1.